The monoisotopic (exact) mass is 745 g/mol. The number of halogens is 3. The standard InChI is InChI=1S/C23H28F3N7O12P2S/c1-22(2)44-14-10(42-16(15(14)45-22)20-32-8(5-48-20)18(28)35)4-41-47(38,39)23(25,26)46(36,37)40-3-9-13(34)11(24)21(43-9)33-7-31-12-17(27)29-6-30-19(12)33/h5-7,9-11,13-16,21,34H,3-4H2,1-2H3,(H2,28,35)(H,36,37)(H,38,39)(H2,27,29,30)/t9-,10-,11+,13-,14-,15-,16-,21-/m1/s1. The first-order valence-electron chi connectivity index (χ1n) is 13.8. The molecule has 3 aliphatic heterocycles. The number of ether oxygens (including phenoxy) is 4. The molecule has 0 aromatic carbocycles. The van der Waals surface area contributed by atoms with E-state index in [1.807, 2.05) is 0 Å². The lowest BCUT2D eigenvalue weighted by Crippen LogP contribution is -2.34. The van der Waals surface area contributed by atoms with Gasteiger partial charge in [0, 0.05) is 5.38 Å². The highest BCUT2D eigenvalue weighted by Gasteiger charge is 2.67. The predicted octanol–water partition coefficient (Wildman–Crippen LogP) is 1.17. The molecule has 2 unspecified atom stereocenters. The second kappa shape index (κ2) is 12.3. The topological polar surface area (TPSA) is 276 Å². The average molecular weight is 746 g/mol. The fourth-order valence-electron chi connectivity index (χ4n) is 5.33. The number of aromatic nitrogens is 5. The van der Waals surface area contributed by atoms with Gasteiger partial charge in [-0.25, -0.2) is 24.3 Å². The maximum absolute atomic E-state index is 15.2. The number of anilines is 1. The molecule has 6 rings (SSSR count). The number of nitrogen functional groups attached to an aromatic ring is 1. The van der Waals surface area contributed by atoms with Crippen molar-refractivity contribution in [1.29, 1.82) is 0 Å². The Hall–Kier alpha value is -2.66. The van der Waals surface area contributed by atoms with Gasteiger partial charge in [-0.15, -0.1) is 11.3 Å². The van der Waals surface area contributed by atoms with E-state index in [1.54, 1.807) is 13.8 Å². The van der Waals surface area contributed by atoms with E-state index in [9.17, 15) is 28.8 Å². The normalized spacial score (nSPS) is 32.7. The number of imidazole rings is 1. The number of carbonyl (C=O) groups excluding carboxylic acids is 1. The quantitative estimate of drug-likeness (QED) is 0.172. The Balaban J connectivity index is 1.11. The molecule has 0 bridgehead atoms. The van der Waals surface area contributed by atoms with E-state index in [-0.39, 0.29) is 27.7 Å². The molecule has 48 heavy (non-hydrogen) atoms. The Labute approximate surface area is 271 Å². The summed E-state index contributed by atoms with van der Waals surface area (Å²) in [5.74, 6) is -2.07. The first kappa shape index (κ1) is 35.2. The van der Waals surface area contributed by atoms with Crippen LogP contribution in [0.15, 0.2) is 18.0 Å². The van der Waals surface area contributed by atoms with Crippen molar-refractivity contribution < 1.29 is 70.0 Å². The molecule has 7 N–H and O–H groups in total. The summed E-state index contributed by atoms with van der Waals surface area (Å²) in [6.07, 6.45) is -9.93. The van der Waals surface area contributed by atoms with Gasteiger partial charge in [0.25, 0.3) is 5.91 Å². The molecule has 25 heteroatoms. The first-order chi connectivity index (χ1) is 22.3. The summed E-state index contributed by atoms with van der Waals surface area (Å²) in [6.45, 7) is 0.712. The van der Waals surface area contributed by atoms with Crippen LogP contribution >= 0.6 is 26.5 Å². The minimum atomic E-state index is -6.40. The van der Waals surface area contributed by atoms with Crippen molar-refractivity contribution in [3.05, 3.63) is 28.7 Å². The van der Waals surface area contributed by atoms with Crippen molar-refractivity contribution in [3.63, 3.8) is 0 Å². The zero-order valence-electron chi connectivity index (χ0n) is 24.6. The van der Waals surface area contributed by atoms with Crippen LogP contribution in [0.5, 0.6) is 0 Å². The van der Waals surface area contributed by atoms with Crippen LogP contribution in [0.25, 0.3) is 11.2 Å². The third kappa shape index (κ3) is 6.05. The maximum Gasteiger partial charge on any atom is 0.443 e. The largest absolute Gasteiger partial charge is 0.443 e. The SMILES string of the molecule is CC1(C)O[C@@H]2[C@H](O1)[C@@H](COP(=O)(O)C(F)(F)P(=O)(O)OC[C@H]1O[C@@H](n3cnc4c(N)ncnc43)[C@@H](F)[C@@H]1O)O[C@H]2c1nc(C(N)=O)cs1. The van der Waals surface area contributed by atoms with Gasteiger partial charge in [0.2, 0.25) is 0 Å². The number of hydrogen-bond donors (Lipinski definition) is 5. The fraction of sp³-hybridized carbons (Fsp3) is 0.609. The molecule has 0 spiro atoms. The number of nitrogens with zero attached hydrogens (tertiary/aromatic N) is 5. The zero-order valence-corrected chi connectivity index (χ0v) is 27.2. The van der Waals surface area contributed by atoms with E-state index in [0.29, 0.717) is 0 Å². The Morgan fingerprint density at radius 2 is 1.75 bits per heavy atom. The molecule has 0 saturated carbocycles. The number of fused-ring (bicyclic) bond motifs is 2. The second-order valence-electron chi connectivity index (χ2n) is 11.3. The van der Waals surface area contributed by atoms with Crippen molar-refractivity contribution >= 4 is 49.4 Å². The highest BCUT2D eigenvalue weighted by molar-refractivity contribution is 7.72. The Bertz CT molecular complexity index is 1820. The summed E-state index contributed by atoms with van der Waals surface area (Å²) < 4.78 is 104. The Morgan fingerprint density at radius 1 is 1.10 bits per heavy atom. The van der Waals surface area contributed by atoms with Crippen LogP contribution in [-0.4, -0.2) is 106 Å². The fourth-order valence-corrected chi connectivity index (χ4v) is 8.84. The maximum atomic E-state index is 15.2. The molecule has 6 heterocycles. The molecule has 3 saturated heterocycles. The smallest absolute Gasteiger partial charge is 0.387 e. The first-order valence-corrected chi connectivity index (χ1v) is 17.9. The van der Waals surface area contributed by atoms with Crippen LogP contribution in [-0.2, 0) is 37.1 Å². The van der Waals surface area contributed by atoms with E-state index in [1.165, 1.54) is 5.38 Å². The van der Waals surface area contributed by atoms with Gasteiger partial charge in [0.1, 0.15) is 59.2 Å². The third-order valence-electron chi connectivity index (χ3n) is 7.63. The van der Waals surface area contributed by atoms with E-state index in [4.69, 9.17) is 30.4 Å². The van der Waals surface area contributed by atoms with Crippen molar-refractivity contribution in [2.75, 3.05) is 18.9 Å². The highest BCUT2D eigenvalue weighted by atomic mass is 32.1. The van der Waals surface area contributed by atoms with E-state index < -0.39 is 94.5 Å². The summed E-state index contributed by atoms with van der Waals surface area (Å²) in [5.41, 5.74) is 11.0. The highest BCUT2D eigenvalue weighted by Crippen LogP contribution is 2.75. The summed E-state index contributed by atoms with van der Waals surface area (Å²) in [4.78, 5) is 47.5. The van der Waals surface area contributed by atoms with Crippen molar-refractivity contribution in [2.45, 2.75) is 74.1 Å². The van der Waals surface area contributed by atoms with Gasteiger partial charge in [-0.1, -0.05) is 0 Å². The molecule has 3 fully saturated rings. The molecule has 0 radical (unpaired) electrons. The average Bonchev–Trinajstić information content (AvgIpc) is 3.81. The number of hydrogen-bond acceptors (Lipinski definition) is 16. The van der Waals surface area contributed by atoms with Gasteiger partial charge < -0.3 is 54.4 Å². The van der Waals surface area contributed by atoms with Gasteiger partial charge in [-0.3, -0.25) is 18.5 Å². The number of thiazole rings is 1. The molecule has 1 amide bonds. The van der Waals surface area contributed by atoms with Gasteiger partial charge in [0.15, 0.2) is 29.7 Å². The lowest BCUT2D eigenvalue weighted by Gasteiger charge is -2.28. The van der Waals surface area contributed by atoms with Crippen LogP contribution < -0.4 is 11.5 Å². The third-order valence-corrected chi connectivity index (χ3v) is 12.4. The van der Waals surface area contributed by atoms with Crippen molar-refractivity contribution in [1.82, 2.24) is 24.5 Å². The summed E-state index contributed by atoms with van der Waals surface area (Å²) in [5, 5.41) is 6.48. The van der Waals surface area contributed by atoms with Gasteiger partial charge in [-0.2, -0.15) is 8.78 Å². The molecular formula is C23H28F3N7O12P2S. The van der Waals surface area contributed by atoms with Crippen LogP contribution in [0.3, 0.4) is 0 Å². The number of carbonyl (C=O) groups is 1. The number of nitrogens with two attached hydrogens (primary N) is 2. The number of amides is 1. The Kier molecular flexibility index (Phi) is 9.00. The number of rotatable bonds is 11. The number of aliphatic hydroxyl groups is 1. The van der Waals surface area contributed by atoms with Crippen LogP contribution in [0.4, 0.5) is 19.0 Å². The second-order valence-corrected chi connectivity index (χ2v) is 16.3. The summed E-state index contributed by atoms with van der Waals surface area (Å²) in [6, 6.07) is 0. The molecule has 264 valence electrons. The van der Waals surface area contributed by atoms with E-state index in [2.05, 4.69) is 29.0 Å². The van der Waals surface area contributed by atoms with Gasteiger partial charge in [-0.05, 0) is 13.8 Å². The number of alkyl halides is 3. The van der Waals surface area contributed by atoms with Crippen LogP contribution in [0.2, 0.25) is 0 Å². The molecule has 3 aromatic rings. The molecule has 10 atom stereocenters. The van der Waals surface area contributed by atoms with Crippen LogP contribution in [0, 0.1) is 0 Å². The number of aliphatic hydroxyl groups excluding tert-OH is 1. The van der Waals surface area contributed by atoms with E-state index >= 15 is 13.2 Å². The molecule has 19 nitrogen and oxygen atoms in total. The molecule has 0 aliphatic carbocycles. The van der Waals surface area contributed by atoms with Crippen LogP contribution in [0.1, 0.15) is 41.7 Å². The summed E-state index contributed by atoms with van der Waals surface area (Å²) in [7, 11) is -12.8. The zero-order chi connectivity index (χ0) is 35.0. The lowest BCUT2D eigenvalue weighted by molar-refractivity contribution is -0.190. The minimum Gasteiger partial charge on any atom is -0.387 e. The van der Waals surface area contributed by atoms with Crippen molar-refractivity contribution in [3.8, 4) is 0 Å². The Morgan fingerprint density at radius 3 is 2.40 bits per heavy atom. The predicted molar refractivity (Wildman–Crippen MR) is 153 cm³/mol. The lowest BCUT2D eigenvalue weighted by atomic mass is 10.1. The molecular weight excluding hydrogens is 717 g/mol. The van der Waals surface area contributed by atoms with Crippen molar-refractivity contribution in [2.24, 2.45) is 5.73 Å². The summed E-state index contributed by atoms with van der Waals surface area (Å²) >= 11 is 0.983. The van der Waals surface area contributed by atoms with Gasteiger partial charge >= 0.3 is 20.6 Å². The molecule has 3 aliphatic rings. The van der Waals surface area contributed by atoms with Gasteiger partial charge in [0.05, 0.1) is 19.5 Å². The molecule has 3 aromatic heterocycles. The van der Waals surface area contributed by atoms with E-state index in [0.717, 1.165) is 28.6 Å². The minimum absolute atomic E-state index is 0.00530. The number of primary amides is 1.